The number of carbonyl (C=O) groups excluding carboxylic acids is 1. The van der Waals surface area contributed by atoms with Crippen molar-refractivity contribution in [2.45, 2.75) is 39.1 Å². The monoisotopic (exact) mass is 318 g/mol. The van der Waals surface area contributed by atoms with Gasteiger partial charge in [0, 0.05) is 13.1 Å². The highest BCUT2D eigenvalue weighted by Gasteiger charge is 2.29. The molecule has 0 fully saturated rings. The van der Waals surface area contributed by atoms with Crippen LogP contribution in [0.2, 0.25) is 0 Å². The van der Waals surface area contributed by atoms with Crippen molar-refractivity contribution in [2.24, 2.45) is 5.92 Å². The molecule has 3 N–H and O–H groups in total. The second-order valence-electron chi connectivity index (χ2n) is 5.21. The van der Waals surface area contributed by atoms with E-state index in [4.69, 9.17) is 0 Å². The standard InChI is InChI=1S/C15H21F3N2O2/c1-3-10(2)13(21)9-20-14(22)19-8-11-4-6-12(7-5-11)15(16,17)18/h4-7,10,13,21H,3,8-9H2,1-2H3,(H2,19,20,22). The van der Waals surface area contributed by atoms with E-state index in [0.717, 1.165) is 18.6 Å². The Hall–Kier alpha value is -1.76. The van der Waals surface area contributed by atoms with E-state index in [1.54, 1.807) is 0 Å². The first-order chi connectivity index (χ1) is 10.2. The van der Waals surface area contributed by atoms with Crippen LogP contribution in [0.5, 0.6) is 0 Å². The minimum Gasteiger partial charge on any atom is -0.391 e. The second kappa shape index (κ2) is 8.03. The average molecular weight is 318 g/mol. The molecule has 22 heavy (non-hydrogen) atoms. The molecule has 2 atom stereocenters. The maximum atomic E-state index is 12.4. The number of aliphatic hydroxyl groups excluding tert-OH is 1. The summed E-state index contributed by atoms with van der Waals surface area (Å²) < 4.78 is 37.2. The first kappa shape index (κ1) is 18.3. The van der Waals surface area contributed by atoms with Crippen LogP contribution in [-0.4, -0.2) is 23.8 Å². The van der Waals surface area contributed by atoms with Crippen LogP contribution >= 0.6 is 0 Å². The lowest BCUT2D eigenvalue weighted by Gasteiger charge is -2.17. The molecular weight excluding hydrogens is 297 g/mol. The number of hydrogen-bond acceptors (Lipinski definition) is 2. The molecule has 0 aliphatic heterocycles. The molecule has 1 aromatic rings. The van der Waals surface area contributed by atoms with Crippen LogP contribution < -0.4 is 10.6 Å². The van der Waals surface area contributed by atoms with Crippen LogP contribution in [0.15, 0.2) is 24.3 Å². The molecule has 0 heterocycles. The summed E-state index contributed by atoms with van der Waals surface area (Å²) >= 11 is 0. The molecule has 0 radical (unpaired) electrons. The van der Waals surface area contributed by atoms with Crippen molar-refractivity contribution in [3.8, 4) is 0 Å². The van der Waals surface area contributed by atoms with Gasteiger partial charge in [-0.1, -0.05) is 32.4 Å². The zero-order chi connectivity index (χ0) is 16.8. The lowest BCUT2D eigenvalue weighted by Crippen LogP contribution is -2.41. The number of nitrogens with one attached hydrogen (secondary N) is 2. The maximum absolute atomic E-state index is 12.4. The highest BCUT2D eigenvalue weighted by molar-refractivity contribution is 5.73. The van der Waals surface area contributed by atoms with Crippen molar-refractivity contribution < 1.29 is 23.1 Å². The number of carbonyl (C=O) groups is 1. The van der Waals surface area contributed by atoms with E-state index in [-0.39, 0.29) is 19.0 Å². The van der Waals surface area contributed by atoms with Gasteiger partial charge in [0.05, 0.1) is 11.7 Å². The normalized spacial score (nSPS) is 14.3. The molecule has 0 spiro atoms. The van der Waals surface area contributed by atoms with Crippen molar-refractivity contribution >= 4 is 6.03 Å². The smallest absolute Gasteiger partial charge is 0.391 e. The van der Waals surface area contributed by atoms with Gasteiger partial charge >= 0.3 is 12.2 Å². The van der Waals surface area contributed by atoms with Gasteiger partial charge in [0.15, 0.2) is 0 Å². The third-order valence-corrected chi connectivity index (χ3v) is 3.51. The van der Waals surface area contributed by atoms with Crippen LogP contribution in [-0.2, 0) is 12.7 Å². The topological polar surface area (TPSA) is 61.4 Å². The Labute approximate surface area is 127 Å². The summed E-state index contributed by atoms with van der Waals surface area (Å²) in [5, 5.41) is 14.8. The van der Waals surface area contributed by atoms with E-state index in [9.17, 15) is 23.1 Å². The number of alkyl halides is 3. The molecule has 1 rings (SSSR count). The molecule has 7 heteroatoms. The Morgan fingerprint density at radius 3 is 2.32 bits per heavy atom. The Balaban J connectivity index is 2.38. The Morgan fingerprint density at radius 2 is 1.82 bits per heavy atom. The zero-order valence-corrected chi connectivity index (χ0v) is 12.6. The predicted molar refractivity (Wildman–Crippen MR) is 77.1 cm³/mol. The Bertz CT molecular complexity index is 475. The highest BCUT2D eigenvalue weighted by Crippen LogP contribution is 2.28. The molecular formula is C15H21F3N2O2. The molecule has 2 amide bonds. The third-order valence-electron chi connectivity index (χ3n) is 3.51. The van der Waals surface area contributed by atoms with E-state index in [0.29, 0.717) is 5.56 Å². The Morgan fingerprint density at radius 1 is 1.23 bits per heavy atom. The molecule has 0 aliphatic carbocycles. The number of urea groups is 1. The molecule has 4 nitrogen and oxygen atoms in total. The summed E-state index contributed by atoms with van der Waals surface area (Å²) in [7, 11) is 0. The van der Waals surface area contributed by atoms with E-state index in [2.05, 4.69) is 10.6 Å². The van der Waals surface area contributed by atoms with Crippen molar-refractivity contribution in [2.75, 3.05) is 6.54 Å². The van der Waals surface area contributed by atoms with Gasteiger partial charge in [-0.15, -0.1) is 0 Å². The quantitative estimate of drug-likeness (QED) is 0.755. The zero-order valence-electron chi connectivity index (χ0n) is 12.6. The summed E-state index contributed by atoms with van der Waals surface area (Å²) in [4.78, 5) is 11.5. The summed E-state index contributed by atoms with van der Waals surface area (Å²) in [6, 6.07) is 4.11. The number of halogens is 3. The fourth-order valence-electron chi connectivity index (χ4n) is 1.73. The predicted octanol–water partition coefficient (Wildman–Crippen LogP) is 2.91. The molecule has 124 valence electrons. The van der Waals surface area contributed by atoms with Crippen LogP contribution in [0.3, 0.4) is 0 Å². The first-order valence-electron chi connectivity index (χ1n) is 7.10. The minimum atomic E-state index is -4.37. The van der Waals surface area contributed by atoms with Gasteiger partial charge in [-0.05, 0) is 23.6 Å². The second-order valence-corrected chi connectivity index (χ2v) is 5.21. The number of aliphatic hydroxyl groups is 1. The summed E-state index contributed by atoms with van der Waals surface area (Å²) in [5.41, 5.74) is -0.164. The van der Waals surface area contributed by atoms with Crippen molar-refractivity contribution in [1.29, 1.82) is 0 Å². The van der Waals surface area contributed by atoms with Gasteiger partial charge < -0.3 is 15.7 Å². The molecule has 1 aromatic carbocycles. The molecule has 0 saturated carbocycles. The fraction of sp³-hybridized carbons (Fsp3) is 0.533. The number of hydrogen-bond donors (Lipinski definition) is 3. The third kappa shape index (κ3) is 5.93. The SMILES string of the molecule is CCC(C)C(O)CNC(=O)NCc1ccc(C(F)(F)F)cc1. The Kier molecular flexibility index (Phi) is 6.67. The molecule has 0 aromatic heterocycles. The lowest BCUT2D eigenvalue weighted by atomic mass is 10.0. The van der Waals surface area contributed by atoms with Gasteiger partial charge in [-0.3, -0.25) is 0 Å². The van der Waals surface area contributed by atoms with Crippen molar-refractivity contribution in [3.05, 3.63) is 35.4 Å². The number of rotatable bonds is 6. The molecule has 2 unspecified atom stereocenters. The first-order valence-corrected chi connectivity index (χ1v) is 7.10. The van der Waals surface area contributed by atoms with Crippen LogP contribution in [0, 0.1) is 5.92 Å². The van der Waals surface area contributed by atoms with Gasteiger partial charge in [0.25, 0.3) is 0 Å². The van der Waals surface area contributed by atoms with Gasteiger partial charge in [0.2, 0.25) is 0 Å². The largest absolute Gasteiger partial charge is 0.416 e. The minimum absolute atomic E-state index is 0.0789. The molecule has 0 aliphatic rings. The fourth-order valence-corrected chi connectivity index (χ4v) is 1.73. The summed E-state index contributed by atoms with van der Waals surface area (Å²) in [5.74, 6) is 0.0789. The van der Waals surface area contributed by atoms with Crippen LogP contribution in [0.4, 0.5) is 18.0 Å². The average Bonchev–Trinajstić information content (AvgIpc) is 2.49. The maximum Gasteiger partial charge on any atom is 0.416 e. The van der Waals surface area contributed by atoms with Crippen molar-refractivity contribution in [3.63, 3.8) is 0 Å². The number of amides is 2. The van der Waals surface area contributed by atoms with E-state index >= 15 is 0 Å². The van der Waals surface area contributed by atoms with Gasteiger partial charge in [-0.2, -0.15) is 13.2 Å². The lowest BCUT2D eigenvalue weighted by molar-refractivity contribution is -0.137. The van der Waals surface area contributed by atoms with E-state index in [1.807, 2.05) is 13.8 Å². The molecule has 0 bridgehead atoms. The summed E-state index contributed by atoms with van der Waals surface area (Å²) in [6.45, 7) is 4.07. The molecule has 0 saturated heterocycles. The van der Waals surface area contributed by atoms with Crippen LogP contribution in [0.25, 0.3) is 0 Å². The van der Waals surface area contributed by atoms with Crippen molar-refractivity contribution in [1.82, 2.24) is 10.6 Å². The van der Waals surface area contributed by atoms with Gasteiger partial charge in [-0.25, -0.2) is 4.79 Å². The van der Waals surface area contributed by atoms with E-state index < -0.39 is 23.9 Å². The summed E-state index contributed by atoms with van der Waals surface area (Å²) in [6.07, 6.45) is -4.19. The van der Waals surface area contributed by atoms with Crippen LogP contribution in [0.1, 0.15) is 31.4 Å². The number of benzene rings is 1. The van der Waals surface area contributed by atoms with E-state index in [1.165, 1.54) is 12.1 Å². The van der Waals surface area contributed by atoms with Gasteiger partial charge in [0.1, 0.15) is 0 Å². The highest BCUT2D eigenvalue weighted by atomic mass is 19.4.